The first-order valence-electron chi connectivity index (χ1n) is 4.74. The molecule has 16 heavy (non-hydrogen) atoms. The molecule has 0 saturated carbocycles. The van der Waals surface area contributed by atoms with E-state index in [1.807, 2.05) is 37.5 Å². The maximum Gasteiger partial charge on any atom is 0.190 e. The Morgan fingerprint density at radius 1 is 1.19 bits per heavy atom. The summed E-state index contributed by atoms with van der Waals surface area (Å²) in [6.45, 7) is 2.01. The van der Waals surface area contributed by atoms with Crippen LogP contribution in [-0.4, -0.2) is 0 Å². The number of aromatic nitrogens is 1. The van der Waals surface area contributed by atoms with Crippen molar-refractivity contribution in [2.24, 2.45) is 0 Å². The van der Waals surface area contributed by atoms with Gasteiger partial charge in [0.25, 0.3) is 0 Å². The number of nitrogens with zero attached hydrogens (tertiary/aromatic N) is 1. The zero-order valence-corrected chi connectivity index (χ0v) is 11.0. The molecule has 4 heteroatoms. The lowest BCUT2D eigenvalue weighted by Crippen LogP contribution is -2.19. The zero-order valence-electron chi connectivity index (χ0n) is 8.61. The number of hydrogen-bond donors (Lipinski definition) is 1. The Hall–Kier alpha value is -0.700. The predicted octanol–water partition coefficient (Wildman–Crippen LogP) is 3.95. The van der Waals surface area contributed by atoms with Crippen molar-refractivity contribution in [2.45, 2.75) is 6.92 Å². The molecule has 0 bridgehead atoms. The Bertz CT molecular complexity index is 520. The minimum absolute atomic E-state index is 0.561. The van der Waals surface area contributed by atoms with Crippen molar-refractivity contribution in [2.75, 3.05) is 0 Å². The summed E-state index contributed by atoms with van der Waals surface area (Å²) in [7, 11) is 0. The van der Waals surface area contributed by atoms with Crippen LogP contribution in [0.4, 0.5) is 0 Å². The highest BCUT2D eigenvalue weighted by Gasteiger charge is 2.10. The summed E-state index contributed by atoms with van der Waals surface area (Å²) in [5.74, 6) is 0. The lowest BCUT2D eigenvalue weighted by molar-refractivity contribution is -0.489. The maximum atomic E-state index is 6.17. The maximum absolute atomic E-state index is 6.17. The van der Waals surface area contributed by atoms with Gasteiger partial charge in [-0.2, -0.15) is 0 Å². The SMILES string of the molecule is Cc1cc(-c2cccc(Cl)c2Cl)c[n+](S)c1. The van der Waals surface area contributed by atoms with Gasteiger partial charge in [0.2, 0.25) is 0 Å². The standard InChI is InChI=1S/C12H10Cl2NS/c1-8-5-9(7-15(16)6-8)10-3-2-4-11(13)12(10)14/h2-7,16H,1H3/q+1. The largest absolute Gasteiger partial charge is 0.190 e. The molecule has 1 nitrogen and oxygen atoms in total. The lowest BCUT2D eigenvalue weighted by Gasteiger charge is -2.04. The number of aryl methyl sites for hydroxylation is 1. The Labute approximate surface area is 110 Å². The van der Waals surface area contributed by atoms with E-state index in [-0.39, 0.29) is 0 Å². The second-order valence-electron chi connectivity index (χ2n) is 3.58. The molecule has 0 unspecified atom stereocenters. The van der Waals surface area contributed by atoms with E-state index in [9.17, 15) is 0 Å². The summed E-state index contributed by atoms with van der Waals surface area (Å²) in [4.78, 5) is 0. The molecule has 0 N–H and O–H groups in total. The van der Waals surface area contributed by atoms with Crippen LogP contribution < -0.4 is 3.97 Å². The number of halogens is 2. The van der Waals surface area contributed by atoms with Crippen LogP contribution in [0, 0.1) is 6.92 Å². The third kappa shape index (κ3) is 2.34. The molecule has 2 aromatic rings. The molecule has 0 aliphatic carbocycles. The Balaban J connectivity index is 2.63. The van der Waals surface area contributed by atoms with Gasteiger partial charge in [0, 0.05) is 16.7 Å². The molecule has 82 valence electrons. The van der Waals surface area contributed by atoms with Crippen molar-refractivity contribution >= 4 is 36.0 Å². The molecule has 2 rings (SSSR count). The summed E-state index contributed by atoms with van der Waals surface area (Å²) in [5, 5.41) is 1.13. The van der Waals surface area contributed by atoms with Gasteiger partial charge in [-0.3, -0.25) is 0 Å². The van der Waals surface area contributed by atoms with Crippen molar-refractivity contribution in [1.29, 1.82) is 0 Å². The number of thiol groups is 1. The van der Waals surface area contributed by atoms with Gasteiger partial charge >= 0.3 is 0 Å². The third-order valence-electron chi connectivity index (χ3n) is 2.25. The molecule has 1 aromatic carbocycles. The summed E-state index contributed by atoms with van der Waals surface area (Å²) >= 11 is 16.4. The number of hydrogen-bond acceptors (Lipinski definition) is 1. The molecular formula is C12H10Cl2NS+. The highest BCUT2D eigenvalue weighted by Crippen LogP contribution is 2.32. The fraction of sp³-hybridized carbons (Fsp3) is 0.0833. The number of benzene rings is 1. The first-order chi connectivity index (χ1) is 7.58. The van der Waals surface area contributed by atoms with Crippen LogP contribution in [-0.2, 0) is 0 Å². The summed E-state index contributed by atoms with van der Waals surface area (Å²) in [6, 6.07) is 7.65. The van der Waals surface area contributed by atoms with E-state index >= 15 is 0 Å². The van der Waals surface area contributed by atoms with Gasteiger partial charge in [0.1, 0.15) is 12.8 Å². The summed E-state index contributed by atoms with van der Waals surface area (Å²) < 4.78 is 1.71. The smallest absolute Gasteiger partial charge is 0.136 e. The van der Waals surface area contributed by atoms with Gasteiger partial charge in [-0.05, 0) is 19.1 Å². The van der Waals surface area contributed by atoms with Crippen molar-refractivity contribution in [3.63, 3.8) is 0 Å². The minimum atomic E-state index is 0.561. The topological polar surface area (TPSA) is 3.88 Å². The van der Waals surface area contributed by atoms with Crippen molar-refractivity contribution in [3.8, 4) is 11.1 Å². The Morgan fingerprint density at radius 3 is 2.62 bits per heavy atom. The van der Waals surface area contributed by atoms with Crippen LogP contribution in [0.5, 0.6) is 0 Å². The molecule has 0 saturated heterocycles. The van der Waals surface area contributed by atoms with Gasteiger partial charge in [-0.15, -0.1) is 3.97 Å². The Kier molecular flexibility index (Phi) is 3.43. The van der Waals surface area contributed by atoms with Crippen LogP contribution in [0.15, 0.2) is 36.7 Å². The molecule has 0 radical (unpaired) electrons. The van der Waals surface area contributed by atoms with E-state index in [1.54, 1.807) is 10.0 Å². The first kappa shape index (κ1) is 11.8. The quantitative estimate of drug-likeness (QED) is 0.591. The van der Waals surface area contributed by atoms with E-state index in [2.05, 4.69) is 12.8 Å². The van der Waals surface area contributed by atoms with Gasteiger partial charge in [0.15, 0.2) is 12.4 Å². The third-order valence-corrected chi connectivity index (χ3v) is 3.30. The average molecular weight is 271 g/mol. The number of pyridine rings is 1. The molecule has 0 atom stereocenters. The fourth-order valence-corrected chi connectivity index (χ4v) is 2.30. The minimum Gasteiger partial charge on any atom is -0.136 e. The average Bonchev–Trinajstić information content (AvgIpc) is 2.20. The molecule has 1 aromatic heterocycles. The Morgan fingerprint density at radius 2 is 1.94 bits per heavy atom. The van der Waals surface area contributed by atoms with Gasteiger partial charge in [-0.25, -0.2) is 0 Å². The van der Waals surface area contributed by atoms with Gasteiger partial charge in [0.05, 0.1) is 10.0 Å². The fourth-order valence-electron chi connectivity index (χ4n) is 1.58. The monoisotopic (exact) mass is 270 g/mol. The normalized spacial score (nSPS) is 10.5. The van der Waals surface area contributed by atoms with E-state index in [0.717, 1.165) is 16.7 Å². The van der Waals surface area contributed by atoms with Crippen LogP contribution in [0.1, 0.15) is 5.56 Å². The van der Waals surface area contributed by atoms with Crippen LogP contribution in [0.3, 0.4) is 0 Å². The summed E-state index contributed by atoms with van der Waals surface area (Å²) in [6.07, 6.45) is 3.82. The molecule has 0 aliphatic heterocycles. The molecule has 0 aliphatic rings. The highest BCUT2D eigenvalue weighted by molar-refractivity contribution is 7.73. The van der Waals surface area contributed by atoms with E-state index in [4.69, 9.17) is 23.2 Å². The lowest BCUT2D eigenvalue weighted by atomic mass is 10.1. The van der Waals surface area contributed by atoms with E-state index in [0.29, 0.717) is 10.0 Å². The zero-order chi connectivity index (χ0) is 11.7. The first-order valence-corrected chi connectivity index (χ1v) is 5.90. The molecular weight excluding hydrogens is 261 g/mol. The van der Waals surface area contributed by atoms with Crippen LogP contribution >= 0.6 is 36.0 Å². The summed E-state index contributed by atoms with van der Waals surface area (Å²) in [5.41, 5.74) is 3.03. The second kappa shape index (κ2) is 4.66. The van der Waals surface area contributed by atoms with Crippen molar-refractivity contribution < 1.29 is 3.97 Å². The van der Waals surface area contributed by atoms with Crippen molar-refractivity contribution in [1.82, 2.24) is 0 Å². The molecule has 0 spiro atoms. The van der Waals surface area contributed by atoms with E-state index < -0.39 is 0 Å². The van der Waals surface area contributed by atoms with Crippen LogP contribution in [0.2, 0.25) is 10.0 Å². The molecule has 1 heterocycles. The predicted molar refractivity (Wildman–Crippen MR) is 71.2 cm³/mol. The molecule has 0 amide bonds. The van der Waals surface area contributed by atoms with Crippen LogP contribution in [0.25, 0.3) is 11.1 Å². The van der Waals surface area contributed by atoms with Crippen molar-refractivity contribution in [3.05, 3.63) is 52.3 Å². The molecule has 0 fully saturated rings. The second-order valence-corrected chi connectivity index (χ2v) is 4.83. The highest BCUT2D eigenvalue weighted by atomic mass is 35.5. The van der Waals surface area contributed by atoms with E-state index in [1.165, 1.54) is 0 Å². The number of rotatable bonds is 1. The van der Waals surface area contributed by atoms with Gasteiger partial charge < -0.3 is 0 Å². The van der Waals surface area contributed by atoms with Gasteiger partial charge in [-0.1, -0.05) is 35.3 Å².